The minimum Gasteiger partial charge on any atom is -0.367 e. The van der Waals surface area contributed by atoms with E-state index < -0.39 is 22.6 Å². The van der Waals surface area contributed by atoms with Crippen LogP contribution in [0.2, 0.25) is 0 Å². The SMILES string of the molecule is O=C1c2ccc([N+](=O)[O-])cc2C(=O)N1CNc1ccc(F)cc1. The predicted octanol–water partition coefficient (Wildman–Crippen LogP) is 2.40. The number of benzene rings is 2. The maximum absolute atomic E-state index is 12.8. The Bertz CT molecular complexity index is 820. The van der Waals surface area contributed by atoms with E-state index in [4.69, 9.17) is 0 Å². The van der Waals surface area contributed by atoms with Gasteiger partial charge in [0.15, 0.2) is 0 Å². The van der Waals surface area contributed by atoms with E-state index in [0.717, 1.165) is 11.0 Å². The monoisotopic (exact) mass is 315 g/mol. The summed E-state index contributed by atoms with van der Waals surface area (Å²) >= 11 is 0. The summed E-state index contributed by atoms with van der Waals surface area (Å²) < 4.78 is 12.8. The quantitative estimate of drug-likeness (QED) is 0.531. The maximum atomic E-state index is 12.8. The fourth-order valence-corrected chi connectivity index (χ4v) is 2.27. The molecule has 0 saturated carbocycles. The summed E-state index contributed by atoms with van der Waals surface area (Å²) in [7, 11) is 0. The number of nitrogens with one attached hydrogen (secondary N) is 1. The summed E-state index contributed by atoms with van der Waals surface area (Å²) in [6.45, 7) is -0.119. The van der Waals surface area contributed by atoms with Crippen molar-refractivity contribution in [2.24, 2.45) is 0 Å². The van der Waals surface area contributed by atoms with Crippen molar-refractivity contribution in [3.63, 3.8) is 0 Å². The molecule has 7 nitrogen and oxygen atoms in total. The van der Waals surface area contributed by atoms with Crippen LogP contribution in [0, 0.1) is 15.9 Å². The Morgan fingerprint density at radius 1 is 1.04 bits per heavy atom. The van der Waals surface area contributed by atoms with Gasteiger partial charge in [0.05, 0.1) is 22.7 Å². The van der Waals surface area contributed by atoms with Crippen molar-refractivity contribution in [1.29, 1.82) is 0 Å². The number of hydrogen-bond acceptors (Lipinski definition) is 5. The van der Waals surface area contributed by atoms with Gasteiger partial charge in [0, 0.05) is 17.8 Å². The van der Waals surface area contributed by atoms with E-state index in [2.05, 4.69) is 5.32 Å². The van der Waals surface area contributed by atoms with E-state index in [-0.39, 0.29) is 23.5 Å². The van der Waals surface area contributed by atoms with Crippen molar-refractivity contribution in [1.82, 2.24) is 4.90 Å². The number of carbonyl (C=O) groups excluding carboxylic acids is 2. The molecule has 1 aliphatic heterocycles. The number of nitro groups is 1. The number of amides is 2. The third-order valence-electron chi connectivity index (χ3n) is 3.45. The van der Waals surface area contributed by atoms with Crippen LogP contribution in [0.1, 0.15) is 20.7 Å². The number of rotatable bonds is 4. The van der Waals surface area contributed by atoms with Gasteiger partial charge in [0.25, 0.3) is 17.5 Å². The number of halogens is 1. The molecular formula is C15H10FN3O4. The number of carbonyl (C=O) groups is 2. The van der Waals surface area contributed by atoms with Gasteiger partial charge in [0.2, 0.25) is 0 Å². The van der Waals surface area contributed by atoms with Gasteiger partial charge in [-0.05, 0) is 30.3 Å². The molecule has 116 valence electrons. The molecule has 0 unspecified atom stereocenters. The first kappa shape index (κ1) is 14.6. The minimum absolute atomic E-state index is 0.00473. The summed E-state index contributed by atoms with van der Waals surface area (Å²) in [6, 6.07) is 8.97. The zero-order valence-electron chi connectivity index (χ0n) is 11.7. The Kier molecular flexibility index (Phi) is 3.49. The molecule has 0 atom stereocenters. The van der Waals surface area contributed by atoms with Gasteiger partial charge in [-0.15, -0.1) is 0 Å². The van der Waals surface area contributed by atoms with Crippen LogP contribution in [-0.2, 0) is 0 Å². The van der Waals surface area contributed by atoms with E-state index in [1.807, 2.05) is 0 Å². The molecule has 0 bridgehead atoms. The lowest BCUT2D eigenvalue weighted by atomic mass is 10.1. The maximum Gasteiger partial charge on any atom is 0.270 e. The minimum atomic E-state index is -0.628. The van der Waals surface area contributed by atoms with Crippen LogP contribution >= 0.6 is 0 Å². The number of imide groups is 1. The van der Waals surface area contributed by atoms with E-state index >= 15 is 0 Å². The third-order valence-corrected chi connectivity index (χ3v) is 3.45. The fraction of sp³-hybridized carbons (Fsp3) is 0.0667. The zero-order valence-corrected chi connectivity index (χ0v) is 11.7. The van der Waals surface area contributed by atoms with Crippen LogP contribution in [0.3, 0.4) is 0 Å². The smallest absolute Gasteiger partial charge is 0.270 e. The number of anilines is 1. The van der Waals surface area contributed by atoms with Gasteiger partial charge >= 0.3 is 0 Å². The first-order valence-corrected chi connectivity index (χ1v) is 6.61. The second-order valence-electron chi connectivity index (χ2n) is 4.87. The number of fused-ring (bicyclic) bond motifs is 1. The number of non-ortho nitro benzene ring substituents is 1. The summed E-state index contributed by atoms with van der Waals surface area (Å²) in [6.07, 6.45) is 0. The lowest BCUT2D eigenvalue weighted by molar-refractivity contribution is -0.384. The van der Waals surface area contributed by atoms with E-state index in [9.17, 15) is 24.1 Å². The Labute approximate surface area is 129 Å². The van der Waals surface area contributed by atoms with Crippen LogP contribution in [0.4, 0.5) is 15.8 Å². The molecule has 0 aliphatic carbocycles. The number of hydrogen-bond donors (Lipinski definition) is 1. The molecule has 1 aliphatic rings. The molecule has 0 fully saturated rings. The average Bonchev–Trinajstić information content (AvgIpc) is 2.78. The standard InChI is InChI=1S/C15H10FN3O4/c16-9-1-3-10(4-2-9)17-8-18-14(20)12-6-5-11(19(22)23)7-13(12)15(18)21/h1-7,17H,8H2. The summed E-state index contributed by atoms with van der Waals surface area (Å²) in [5.41, 5.74) is 0.416. The van der Waals surface area contributed by atoms with Gasteiger partial charge in [-0.1, -0.05) is 0 Å². The van der Waals surface area contributed by atoms with Gasteiger partial charge in [-0.25, -0.2) is 4.39 Å². The molecule has 0 radical (unpaired) electrons. The van der Waals surface area contributed by atoms with Gasteiger partial charge in [0.1, 0.15) is 5.82 Å². The van der Waals surface area contributed by atoms with Crippen LogP contribution in [0.25, 0.3) is 0 Å². The highest BCUT2D eigenvalue weighted by Gasteiger charge is 2.36. The first-order valence-electron chi connectivity index (χ1n) is 6.61. The second-order valence-corrected chi connectivity index (χ2v) is 4.87. The largest absolute Gasteiger partial charge is 0.367 e. The Morgan fingerprint density at radius 2 is 1.70 bits per heavy atom. The fourth-order valence-electron chi connectivity index (χ4n) is 2.27. The molecule has 2 amide bonds. The molecule has 2 aromatic rings. The van der Waals surface area contributed by atoms with Crippen LogP contribution < -0.4 is 5.32 Å². The normalized spacial score (nSPS) is 13.2. The van der Waals surface area contributed by atoms with Crippen molar-refractivity contribution in [3.8, 4) is 0 Å². The summed E-state index contributed by atoms with van der Waals surface area (Å²) in [5, 5.41) is 13.6. The summed E-state index contributed by atoms with van der Waals surface area (Å²) in [5.74, 6) is -1.54. The van der Waals surface area contributed by atoms with Crippen molar-refractivity contribution in [2.45, 2.75) is 0 Å². The predicted molar refractivity (Wildman–Crippen MR) is 78.5 cm³/mol. The zero-order chi connectivity index (χ0) is 16.6. The van der Waals surface area contributed by atoms with Crippen molar-refractivity contribution < 1.29 is 18.9 Å². The highest BCUT2D eigenvalue weighted by molar-refractivity contribution is 6.21. The third kappa shape index (κ3) is 2.61. The van der Waals surface area contributed by atoms with Crippen LogP contribution in [0.5, 0.6) is 0 Å². The van der Waals surface area contributed by atoms with Crippen molar-refractivity contribution >= 4 is 23.2 Å². The first-order chi connectivity index (χ1) is 11.0. The average molecular weight is 315 g/mol. The van der Waals surface area contributed by atoms with Gasteiger partial charge in [-0.2, -0.15) is 0 Å². The van der Waals surface area contributed by atoms with Crippen LogP contribution in [-0.4, -0.2) is 28.3 Å². The highest BCUT2D eigenvalue weighted by atomic mass is 19.1. The molecule has 2 aromatic carbocycles. The van der Waals surface area contributed by atoms with Crippen molar-refractivity contribution in [3.05, 3.63) is 69.5 Å². The van der Waals surface area contributed by atoms with Crippen LogP contribution in [0.15, 0.2) is 42.5 Å². The Morgan fingerprint density at radius 3 is 2.35 bits per heavy atom. The molecule has 8 heteroatoms. The topological polar surface area (TPSA) is 92.5 Å². The van der Waals surface area contributed by atoms with Gasteiger partial charge in [-0.3, -0.25) is 24.6 Å². The molecule has 0 aromatic heterocycles. The molecule has 0 saturated heterocycles. The number of nitrogens with zero attached hydrogens (tertiary/aromatic N) is 2. The molecule has 3 rings (SSSR count). The summed E-state index contributed by atoms with van der Waals surface area (Å²) in [4.78, 5) is 35.5. The second kappa shape index (κ2) is 5.48. The molecule has 1 N–H and O–H groups in total. The molecule has 0 spiro atoms. The molecular weight excluding hydrogens is 305 g/mol. The number of nitro benzene ring substituents is 1. The van der Waals surface area contributed by atoms with Gasteiger partial charge < -0.3 is 5.32 Å². The molecule has 1 heterocycles. The Balaban J connectivity index is 1.79. The lowest BCUT2D eigenvalue weighted by Gasteiger charge is -2.15. The van der Waals surface area contributed by atoms with E-state index in [0.29, 0.717) is 5.69 Å². The highest BCUT2D eigenvalue weighted by Crippen LogP contribution is 2.26. The lowest BCUT2D eigenvalue weighted by Crippen LogP contribution is -2.34. The van der Waals surface area contributed by atoms with E-state index in [1.54, 1.807) is 0 Å². The van der Waals surface area contributed by atoms with E-state index in [1.165, 1.54) is 36.4 Å². The van der Waals surface area contributed by atoms with Crippen molar-refractivity contribution in [2.75, 3.05) is 12.0 Å². The Hall–Kier alpha value is -3.29. The molecule has 23 heavy (non-hydrogen) atoms.